The molecule has 7 nitrogen and oxygen atoms in total. The number of aromatic nitrogens is 1. The molecule has 1 N–H and O–H groups in total. The number of hydrogen-bond donors (Lipinski definition) is 1. The molecule has 0 aliphatic heterocycles. The molecule has 0 fully saturated rings. The van der Waals surface area contributed by atoms with Crippen LogP contribution < -0.4 is 10.1 Å². The number of methoxy groups -OCH3 is 1. The topological polar surface area (TPSA) is 80.6 Å². The summed E-state index contributed by atoms with van der Waals surface area (Å²) in [4.78, 5) is 13.0. The van der Waals surface area contributed by atoms with Crippen molar-refractivity contribution in [3.05, 3.63) is 71.5 Å². The first-order valence-electron chi connectivity index (χ1n) is 10.5. The predicted octanol–water partition coefficient (Wildman–Crippen LogP) is 4.39. The number of sulfonamides is 1. The van der Waals surface area contributed by atoms with E-state index in [1.807, 2.05) is 38.1 Å². The molecule has 32 heavy (non-hydrogen) atoms. The molecule has 170 valence electrons. The molecule has 2 aromatic carbocycles. The summed E-state index contributed by atoms with van der Waals surface area (Å²) in [7, 11) is -2.19. The molecule has 1 amide bonds. The van der Waals surface area contributed by atoms with Gasteiger partial charge in [0.1, 0.15) is 5.75 Å². The van der Waals surface area contributed by atoms with Crippen LogP contribution in [-0.4, -0.2) is 43.4 Å². The summed E-state index contributed by atoms with van der Waals surface area (Å²) in [5, 5.41) is 2.79. The highest BCUT2D eigenvalue weighted by Gasteiger charge is 2.23. The van der Waals surface area contributed by atoms with Gasteiger partial charge in [-0.2, -0.15) is 4.31 Å². The van der Waals surface area contributed by atoms with Crippen LogP contribution in [0.1, 0.15) is 35.6 Å². The second kappa shape index (κ2) is 9.58. The van der Waals surface area contributed by atoms with Crippen molar-refractivity contribution in [2.45, 2.75) is 32.6 Å². The van der Waals surface area contributed by atoms with Crippen molar-refractivity contribution in [3.63, 3.8) is 0 Å². The number of ether oxygens (including phenoxy) is 1. The molecule has 0 aliphatic rings. The smallest absolute Gasteiger partial charge is 0.255 e. The highest BCUT2D eigenvalue weighted by Crippen LogP contribution is 2.29. The fourth-order valence-electron chi connectivity index (χ4n) is 3.69. The van der Waals surface area contributed by atoms with Gasteiger partial charge in [-0.3, -0.25) is 4.79 Å². The normalized spacial score (nSPS) is 11.6. The number of nitrogens with zero attached hydrogens (tertiary/aromatic N) is 2. The summed E-state index contributed by atoms with van der Waals surface area (Å²) in [6.45, 7) is 8.35. The lowest BCUT2D eigenvalue weighted by atomic mass is 10.1. The first kappa shape index (κ1) is 23.6. The Kier molecular flexibility index (Phi) is 7.06. The second-order valence-corrected chi connectivity index (χ2v) is 9.34. The van der Waals surface area contributed by atoms with Gasteiger partial charge in [0.05, 0.1) is 17.7 Å². The molecule has 0 radical (unpaired) electrons. The number of carbonyl (C=O) groups excluding carboxylic acids is 1. The van der Waals surface area contributed by atoms with Crippen LogP contribution in [0.25, 0.3) is 5.69 Å². The maximum absolute atomic E-state index is 12.9. The van der Waals surface area contributed by atoms with Crippen molar-refractivity contribution in [2.75, 3.05) is 25.5 Å². The Morgan fingerprint density at radius 1 is 0.969 bits per heavy atom. The van der Waals surface area contributed by atoms with Gasteiger partial charge < -0.3 is 14.6 Å². The van der Waals surface area contributed by atoms with Crippen LogP contribution in [0.4, 0.5) is 5.69 Å². The predicted molar refractivity (Wildman–Crippen MR) is 126 cm³/mol. The third-order valence-corrected chi connectivity index (χ3v) is 7.47. The van der Waals surface area contributed by atoms with Crippen molar-refractivity contribution >= 4 is 21.6 Å². The summed E-state index contributed by atoms with van der Waals surface area (Å²) in [5.41, 5.74) is 3.93. The number of carbonyl (C=O) groups is 1. The van der Waals surface area contributed by atoms with E-state index in [0.717, 1.165) is 17.1 Å². The van der Waals surface area contributed by atoms with Crippen LogP contribution in [0.5, 0.6) is 5.75 Å². The zero-order chi connectivity index (χ0) is 23.5. The third-order valence-electron chi connectivity index (χ3n) is 5.42. The van der Waals surface area contributed by atoms with Crippen molar-refractivity contribution < 1.29 is 17.9 Å². The third kappa shape index (κ3) is 4.56. The van der Waals surface area contributed by atoms with Crippen LogP contribution >= 0.6 is 0 Å². The Morgan fingerprint density at radius 2 is 1.56 bits per heavy atom. The van der Waals surface area contributed by atoms with Gasteiger partial charge in [-0.15, -0.1) is 0 Å². The Bertz CT molecular complexity index is 1190. The first-order chi connectivity index (χ1) is 15.2. The molecule has 0 bridgehead atoms. The standard InChI is InChI=1S/C24H29N3O4S/c1-6-26(7-2)32(29,30)21-14-15-23(31-5)22(16-21)25-24(28)19-10-12-20(13-11-19)27-17(3)8-9-18(27)4/h8-16H,6-7H2,1-5H3,(H,25,28). The highest BCUT2D eigenvalue weighted by atomic mass is 32.2. The van der Waals surface area contributed by atoms with Crippen LogP contribution in [0.2, 0.25) is 0 Å². The minimum Gasteiger partial charge on any atom is -0.495 e. The Balaban J connectivity index is 1.88. The van der Waals surface area contributed by atoms with Gasteiger partial charge in [-0.25, -0.2) is 8.42 Å². The van der Waals surface area contributed by atoms with Crippen molar-refractivity contribution in [2.24, 2.45) is 0 Å². The van der Waals surface area contributed by atoms with E-state index in [2.05, 4.69) is 9.88 Å². The van der Waals surface area contributed by atoms with Gasteiger partial charge in [0.2, 0.25) is 10.0 Å². The van der Waals surface area contributed by atoms with E-state index in [-0.39, 0.29) is 10.8 Å². The maximum atomic E-state index is 12.9. The Morgan fingerprint density at radius 3 is 2.09 bits per heavy atom. The number of anilines is 1. The fourth-order valence-corrected chi connectivity index (χ4v) is 5.17. The monoisotopic (exact) mass is 455 g/mol. The number of benzene rings is 2. The highest BCUT2D eigenvalue weighted by molar-refractivity contribution is 7.89. The van der Waals surface area contributed by atoms with Gasteiger partial charge in [0.25, 0.3) is 5.91 Å². The van der Waals surface area contributed by atoms with Crippen LogP contribution in [-0.2, 0) is 10.0 Å². The lowest BCUT2D eigenvalue weighted by Gasteiger charge is -2.19. The van der Waals surface area contributed by atoms with Gasteiger partial charge >= 0.3 is 0 Å². The summed E-state index contributed by atoms with van der Waals surface area (Å²) < 4.78 is 34.6. The molecule has 0 atom stereocenters. The van der Waals surface area contributed by atoms with Crippen LogP contribution in [0, 0.1) is 13.8 Å². The van der Waals surface area contributed by atoms with Crippen molar-refractivity contribution in [1.82, 2.24) is 8.87 Å². The molecule has 1 aromatic heterocycles. The van der Waals surface area contributed by atoms with E-state index in [1.54, 1.807) is 32.0 Å². The maximum Gasteiger partial charge on any atom is 0.255 e. The van der Waals surface area contributed by atoms with Gasteiger partial charge in [-0.1, -0.05) is 13.8 Å². The molecule has 0 spiro atoms. The SMILES string of the molecule is CCN(CC)S(=O)(=O)c1ccc(OC)c(NC(=O)c2ccc(-n3c(C)ccc3C)cc2)c1. The average molecular weight is 456 g/mol. The lowest BCUT2D eigenvalue weighted by Crippen LogP contribution is -2.30. The van der Waals surface area contributed by atoms with Gasteiger partial charge in [0, 0.05) is 35.7 Å². The van der Waals surface area contributed by atoms with Gasteiger partial charge in [-0.05, 0) is 68.4 Å². The average Bonchev–Trinajstić information content (AvgIpc) is 3.12. The molecule has 0 unspecified atom stereocenters. The molecular formula is C24H29N3O4S. The summed E-state index contributed by atoms with van der Waals surface area (Å²) in [5.74, 6) is 0.0280. The van der Waals surface area contributed by atoms with Crippen LogP contribution in [0.3, 0.4) is 0 Å². The number of nitrogens with one attached hydrogen (secondary N) is 1. The van der Waals surface area contributed by atoms with E-state index in [4.69, 9.17) is 4.74 Å². The molecular weight excluding hydrogens is 426 g/mol. The largest absolute Gasteiger partial charge is 0.495 e. The molecule has 1 heterocycles. The molecule has 0 saturated heterocycles. The molecule has 3 aromatic rings. The van der Waals surface area contributed by atoms with Crippen molar-refractivity contribution in [1.29, 1.82) is 0 Å². The summed E-state index contributed by atoms with van der Waals surface area (Å²) in [6.07, 6.45) is 0. The Hall–Kier alpha value is -3.10. The number of aryl methyl sites for hydroxylation is 2. The lowest BCUT2D eigenvalue weighted by molar-refractivity contribution is 0.102. The zero-order valence-electron chi connectivity index (χ0n) is 19.0. The number of rotatable bonds is 8. The summed E-state index contributed by atoms with van der Waals surface area (Å²) in [6, 6.07) is 15.8. The van der Waals surface area contributed by atoms with Crippen molar-refractivity contribution in [3.8, 4) is 11.4 Å². The minimum atomic E-state index is -3.66. The van der Waals surface area contributed by atoms with Crippen LogP contribution in [0.15, 0.2) is 59.5 Å². The summed E-state index contributed by atoms with van der Waals surface area (Å²) >= 11 is 0. The van der Waals surface area contributed by atoms with E-state index in [9.17, 15) is 13.2 Å². The fraction of sp³-hybridized carbons (Fsp3) is 0.292. The minimum absolute atomic E-state index is 0.103. The molecule has 0 saturated carbocycles. The Labute approximate surface area is 189 Å². The molecule has 8 heteroatoms. The second-order valence-electron chi connectivity index (χ2n) is 7.40. The molecule has 0 aliphatic carbocycles. The van der Waals surface area contributed by atoms with E-state index >= 15 is 0 Å². The van der Waals surface area contributed by atoms with Gasteiger partial charge in [0.15, 0.2) is 0 Å². The zero-order valence-corrected chi connectivity index (χ0v) is 19.9. The van der Waals surface area contributed by atoms with E-state index in [1.165, 1.54) is 23.5 Å². The molecule has 3 rings (SSSR count). The van der Waals surface area contributed by atoms with E-state index < -0.39 is 10.0 Å². The number of amides is 1. The number of hydrogen-bond acceptors (Lipinski definition) is 4. The van der Waals surface area contributed by atoms with E-state index in [0.29, 0.717) is 30.1 Å². The first-order valence-corrected chi connectivity index (χ1v) is 11.9. The quantitative estimate of drug-likeness (QED) is 0.546.